The molecule has 32 heavy (non-hydrogen) atoms. The Morgan fingerprint density at radius 3 is 2.50 bits per heavy atom. The van der Waals surface area contributed by atoms with Gasteiger partial charge in [0.15, 0.2) is 17.1 Å². The van der Waals surface area contributed by atoms with Crippen molar-refractivity contribution in [3.63, 3.8) is 0 Å². The third-order valence-corrected chi connectivity index (χ3v) is 5.81. The largest absolute Gasteiger partial charge is 0.497 e. The van der Waals surface area contributed by atoms with E-state index in [1.807, 2.05) is 66.9 Å². The van der Waals surface area contributed by atoms with E-state index in [-0.39, 0.29) is 23.8 Å². The molecule has 2 aromatic carbocycles. The summed E-state index contributed by atoms with van der Waals surface area (Å²) in [6.45, 7) is 8.61. The second-order valence-electron chi connectivity index (χ2n) is 7.79. The molecule has 8 heteroatoms. The number of rotatable bonds is 10. The summed E-state index contributed by atoms with van der Waals surface area (Å²) in [4.78, 5) is 12.4. The second kappa shape index (κ2) is 11.0. The third-order valence-electron chi connectivity index (χ3n) is 4.87. The van der Waals surface area contributed by atoms with Gasteiger partial charge in [-0.25, -0.2) is 0 Å². The molecule has 1 atom stereocenters. The standard InChI is InChI=1S/C24H30N4O3S/c1-16(2)28-23(18(4)31-21-8-6-7-20(13-21)30-5)26-27-24(28)32-15-22(29)25-14-19-11-9-17(3)10-12-19/h6-13,16,18H,14-15H2,1-5H3,(H,25,29). The number of thioether (sulfide) groups is 1. The Morgan fingerprint density at radius 1 is 1.09 bits per heavy atom. The fraction of sp³-hybridized carbons (Fsp3) is 0.375. The Hall–Kier alpha value is -3.00. The summed E-state index contributed by atoms with van der Waals surface area (Å²) in [7, 11) is 1.62. The lowest BCUT2D eigenvalue weighted by molar-refractivity contribution is -0.118. The maximum Gasteiger partial charge on any atom is 0.230 e. The van der Waals surface area contributed by atoms with E-state index in [1.54, 1.807) is 7.11 Å². The molecule has 0 saturated heterocycles. The quantitative estimate of drug-likeness (QED) is 0.447. The minimum atomic E-state index is -0.318. The average Bonchev–Trinajstić information content (AvgIpc) is 3.22. The number of methoxy groups -OCH3 is 1. The van der Waals surface area contributed by atoms with Crippen LogP contribution in [0.15, 0.2) is 53.7 Å². The van der Waals surface area contributed by atoms with Gasteiger partial charge in [0, 0.05) is 18.7 Å². The Bertz CT molecular complexity index is 1030. The number of ether oxygens (including phenoxy) is 2. The monoisotopic (exact) mass is 454 g/mol. The molecular formula is C24H30N4O3S. The highest BCUT2D eigenvalue weighted by Crippen LogP contribution is 2.28. The lowest BCUT2D eigenvalue weighted by Gasteiger charge is -2.19. The number of nitrogens with zero attached hydrogens (tertiary/aromatic N) is 3. The van der Waals surface area contributed by atoms with Crippen molar-refractivity contribution in [3.05, 3.63) is 65.5 Å². The summed E-state index contributed by atoms with van der Waals surface area (Å²) in [5, 5.41) is 12.3. The van der Waals surface area contributed by atoms with Crippen molar-refractivity contribution in [1.29, 1.82) is 0 Å². The number of aryl methyl sites for hydroxylation is 1. The summed E-state index contributed by atoms with van der Waals surface area (Å²) in [5.41, 5.74) is 2.27. The molecule has 0 bridgehead atoms. The summed E-state index contributed by atoms with van der Waals surface area (Å²) < 4.78 is 13.4. The molecule has 1 aromatic heterocycles. The first-order valence-corrected chi connectivity index (χ1v) is 11.6. The van der Waals surface area contributed by atoms with Gasteiger partial charge < -0.3 is 19.4 Å². The zero-order chi connectivity index (χ0) is 23.1. The molecule has 7 nitrogen and oxygen atoms in total. The van der Waals surface area contributed by atoms with Gasteiger partial charge in [0.1, 0.15) is 11.5 Å². The number of carbonyl (C=O) groups excluding carboxylic acids is 1. The Balaban J connectivity index is 1.62. The molecule has 1 heterocycles. The van der Waals surface area contributed by atoms with Crippen LogP contribution in [-0.4, -0.2) is 33.5 Å². The lowest BCUT2D eigenvalue weighted by Crippen LogP contribution is -2.24. The Labute approximate surface area is 193 Å². The summed E-state index contributed by atoms with van der Waals surface area (Å²) >= 11 is 1.37. The third kappa shape index (κ3) is 6.26. The number of nitrogens with one attached hydrogen (secondary N) is 1. The van der Waals surface area contributed by atoms with Crippen molar-refractivity contribution in [2.75, 3.05) is 12.9 Å². The van der Waals surface area contributed by atoms with Gasteiger partial charge in [0.05, 0.1) is 12.9 Å². The summed E-state index contributed by atoms with van der Waals surface area (Å²) in [5.74, 6) is 2.36. The van der Waals surface area contributed by atoms with E-state index in [0.29, 0.717) is 23.3 Å². The van der Waals surface area contributed by atoms with Crippen LogP contribution in [0, 0.1) is 6.92 Å². The van der Waals surface area contributed by atoms with Crippen LogP contribution in [0.25, 0.3) is 0 Å². The zero-order valence-electron chi connectivity index (χ0n) is 19.2. The number of hydrogen-bond donors (Lipinski definition) is 1. The zero-order valence-corrected chi connectivity index (χ0v) is 20.0. The number of benzene rings is 2. The number of hydrogen-bond acceptors (Lipinski definition) is 6. The second-order valence-corrected chi connectivity index (χ2v) is 8.74. The van der Waals surface area contributed by atoms with Crippen molar-refractivity contribution < 1.29 is 14.3 Å². The number of amides is 1. The molecule has 3 rings (SSSR count). The molecule has 170 valence electrons. The smallest absolute Gasteiger partial charge is 0.230 e. The first kappa shape index (κ1) is 23.7. The van der Waals surface area contributed by atoms with E-state index >= 15 is 0 Å². The first-order chi connectivity index (χ1) is 15.4. The van der Waals surface area contributed by atoms with Crippen molar-refractivity contribution >= 4 is 17.7 Å². The van der Waals surface area contributed by atoms with E-state index in [9.17, 15) is 4.79 Å². The van der Waals surface area contributed by atoms with Crippen LogP contribution >= 0.6 is 11.8 Å². The fourth-order valence-corrected chi connectivity index (χ4v) is 4.07. The average molecular weight is 455 g/mol. The van der Waals surface area contributed by atoms with Crippen LogP contribution in [0.4, 0.5) is 0 Å². The van der Waals surface area contributed by atoms with E-state index in [2.05, 4.69) is 29.4 Å². The van der Waals surface area contributed by atoms with E-state index < -0.39 is 0 Å². The molecule has 0 spiro atoms. The molecular weight excluding hydrogens is 424 g/mol. The van der Waals surface area contributed by atoms with Crippen LogP contribution in [-0.2, 0) is 11.3 Å². The molecule has 0 saturated carbocycles. The maximum atomic E-state index is 12.4. The predicted molar refractivity (Wildman–Crippen MR) is 126 cm³/mol. The van der Waals surface area contributed by atoms with Crippen molar-refractivity contribution in [1.82, 2.24) is 20.1 Å². The van der Waals surface area contributed by atoms with E-state index in [0.717, 1.165) is 11.3 Å². The van der Waals surface area contributed by atoms with Crippen molar-refractivity contribution in [3.8, 4) is 11.5 Å². The number of aromatic nitrogens is 3. The van der Waals surface area contributed by atoms with Gasteiger partial charge >= 0.3 is 0 Å². The summed E-state index contributed by atoms with van der Waals surface area (Å²) in [6, 6.07) is 15.7. The van der Waals surface area contributed by atoms with Crippen LogP contribution in [0.1, 0.15) is 49.9 Å². The van der Waals surface area contributed by atoms with Gasteiger partial charge in [-0.15, -0.1) is 10.2 Å². The normalized spacial score (nSPS) is 11.9. The van der Waals surface area contributed by atoms with Crippen LogP contribution in [0.2, 0.25) is 0 Å². The SMILES string of the molecule is COc1cccc(OC(C)c2nnc(SCC(=O)NCc3ccc(C)cc3)n2C(C)C)c1. The molecule has 0 aliphatic carbocycles. The molecule has 0 aliphatic rings. The van der Waals surface area contributed by atoms with Gasteiger partial charge in [-0.1, -0.05) is 47.7 Å². The molecule has 3 aromatic rings. The van der Waals surface area contributed by atoms with E-state index in [4.69, 9.17) is 9.47 Å². The molecule has 0 radical (unpaired) electrons. The molecule has 0 fully saturated rings. The molecule has 1 amide bonds. The minimum absolute atomic E-state index is 0.0453. The maximum absolute atomic E-state index is 12.4. The molecule has 0 aliphatic heterocycles. The molecule has 1 unspecified atom stereocenters. The summed E-state index contributed by atoms with van der Waals surface area (Å²) in [6.07, 6.45) is -0.318. The van der Waals surface area contributed by atoms with Gasteiger partial charge in [-0.2, -0.15) is 0 Å². The topological polar surface area (TPSA) is 78.3 Å². The van der Waals surface area contributed by atoms with E-state index in [1.165, 1.54) is 17.3 Å². The Kier molecular flexibility index (Phi) is 8.16. The van der Waals surface area contributed by atoms with Crippen molar-refractivity contribution in [2.45, 2.75) is 51.5 Å². The van der Waals surface area contributed by atoms with Gasteiger partial charge in [0.25, 0.3) is 0 Å². The van der Waals surface area contributed by atoms with Crippen LogP contribution < -0.4 is 14.8 Å². The number of carbonyl (C=O) groups is 1. The molecule has 1 N–H and O–H groups in total. The predicted octanol–water partition coefficient (Wildman–Crippen LogP) is 4.72. The lowest BCUT2D eigenvalue weighted by atomic mass is 10.1. The highest BCUT2D eigenvalue weighted by Gasteiger charge is 2.22. The Morgan fingerprint density at radius 2 is 1.81 bits per heavy atom. The highest BCUT2D eigenvalue weighted by atomic mass is 32.2. The fourth-order valence-electron chi connectivity index (χ4n) is 3.17. The van der Waals surface area contributed by atoms with Crippen molar-refractivity contribution in [2.24, 2.45) is 0 Å². The van der Waals surface area contributed by atoms with Gasteiger partial charge in [0.2, 0.25) is 5.91 Å². The first-order valence-electron chi connectivity index (χ1n) is 10.6. The van der Waals surface area contributed by atoms with Gasteiger partial charge in [-0.05, 0) is 45.4 Å². The van der Waals surface area contributed by atoms with Crippen LogP contribution in [0.3, 0.4) is 0 Å². The van der Waals surface area contributed by atoms with Crippen LogP contribution in [0.5, 0.6) is 11.5 Å². The minimum Gasteiger partial charge on any atom is -0.497 e. The van der Waals surface area contributed by atoms with Gasteiger partial charge in [-0.3, -0.25) is 4.79 Å². The highest BCUT2D eigenvalue weighted by molar-refractivity contribution is 7.99.